The van der Waals surface area contributed by atoms with Crippen molar-refractivity contribution in [2.24, 2.45) is 5.92 Å². The van der Waals surface area contributed by atoms with Gasteiger partial charge in [0.25, 0.3) is 0 Å². The van der Waals surface area contributed by atoms with Gasteiger partial charge in [0.1, 0.15) is 17.7 Å². The van der Waals surface area contributed by atoms with Crippen LogP contribution < -0.4 is 16.0 Å². The number of aryl methyl sites for hydroxylation is 1. The smallest absolute Gasteiger partial charge is 0.242 e. The number of amides is 1. The molecule has 0 aliphatic heterocycles. The summed E-state index contributed by atoms with van der Waals surface area (Å²) in [4.78, 5) is 22.0. The lowest BCUT2D eigenvalue weighted by Gasteiger charge is -2.21. The van der Waals surface area contributed by atoms with Crippen molar-refractivity contribution in [2.75, 3.05) is 23.7 Å². The van der Waals surface area contributed by atoms with Crippen molar-refractivity contribution in [1.82, 2.24) is 15.3 Å². The van der Waals surface area contributed by atoms with Crippen molar-refractivity contribution < 1.29 is 9.18 Å². The van der Waals surface area contributed by atoms with Gasteiger partial charge in [0, 0.05) is 24.8 Å². The molecule has 7 heteroatoms. The molecule has 0 fully saturated rings. The minimum Gasteiger partial charge on any atom is -0.358 e. The van der Waals surface area contributed by atoms with Crippen LogP contribution in [0.15, 0.2) is 60.7 Å². The van der Waals surface area contributed by atoms with E-state index in [0.29, 0.717) is 37.2 Å². The van der Waals surface area contributed by atoms with Crippen LogP contribution in [0.25, 0.3) is 0 Å². The van der Waals surface area contributed by atoms with Gasteiger partial charge in [-0.05, 0) is 55.4 Å². The van der Waals surface area contributed by atoms with Crippen LogP contribution in [0.4, 0.5) is 16.2 Å². The van der Waals surface area contributed by atoms with Gasteiger partial charge >= 0.3 is 0 Å². The zero-order valence-electron chi connectivity index (χ0n) is 20.1. The summed E-state index contributed by atoms with van der Waals surface area (Å²) in [6.45, 7) is 7.29. The highest BCUT2D eigenvalue weighted by Crippen LogP contribution is 2.15. The third-order valence-electron chi connectivity index (χ3n) is 5.37. The fraction of sp³-hybridized carbons (Fsp3) is 0.370. The Morgan fingerprint density at radius 3 is 2.32 bits per heavy atom. The van der Waals surface area contributed by atoms with Crippen LogP contribution in [-0.4, -0.2) is 35.0 Å². The first-order valence-electron chi connectivity index (χ1n) is 11.8. The third-order valence-corrected chi connectivity index (χ3v) is 5.37. The van der Waals surface area contributed by atoms with Gasteiger partial charge in [-0.3, -0.25) is 4.79 Å². The monoisotopic (exact) mass is 463 g/mol. The predicted molar refractivity (Wildman–Crippen MR) is 135 cm³/mol. The number of carbonyl (C=O) groups is 1. The summed E-state index contributed by atoms with van der Waals surface area (Å²) in [7, 11) is 0. The Kier molecular flexibility index (Phi) is 9.38. The Bertz CT molecular complexity index is 1040. The summed E-state index contributed by atoms with van der Waals surface area (Å²) in [6.07, 6.45) is 2.20. The van der Waals surface area contributed by atoms with E-state index in [4.69, 9.17) is 0 Å². The molecule has 3 rings (SSSR count). The van der Waals surface area contributed by atoms with Crippen LogP contribution in [0.1, 0.15) is 37.1 Å². The molecule has 0 radical (unpaired) electrons. The zero-order chi connectivity index (χ0) is 24.3. The van der Waals surface area contributed by atoms with Crippen molar-refractivity contribution in [2.45, 2.75) is 46.1 Å². The van der Waals surface area contributed by atoms with Crippen LogP contribution in [0.5, 0.6) is 0 Å². The van der Waals surface area contributed by atoms with Crippen LogP contribution in [0.3, 0.4) is 0 Å². The molecule has 1 atom stereocenters. The van der Waals surface area contributed by atoms with Crippen molar-refractivity contribution >= 4 is 17.7 Å². The molecule has 0 aliphatic carbocycles. The molecule has 6 nitrogen and oxygen atoms in total. The first kappa shape index (κ1) is 25.1. The molecule has 2 aromatic carbocycles. The highest BCUT2D eigenvalue weighted by molar-refractivity contribution is 5.84. The Hall–Kier alpha value is -3.48. The van der Waals surface area contributed by atoms with Crippen LogP contribution in [0.2, 0.25) is 0 Å². The quantitative estimate of drug-likeness (QED) is 0.361. The number of hydrogen-bond donors (Lipinski definition) is 3. The van der Waals surface area contributed by atoms with Crippen molar-refractivity contribution in [3.05, 3.63) is 83.3 Å². The number of hydrogen-bond acceptors (Lipinski definition) is 5. The number of halogens is 1. The molecule has 3 aromatic rings. The average molecular weight is 464 g/mol. The van der Waals surface area contributed by atoms with Crippen LogP contribution in [-0.2, 0) is 17.6 Å². The molecule has 0 bridgehead atoms. The lowest BCUT2D eigenvalue weighted by Crippen LogP contribution is -2.41. The fourth-order valence-corrected chi connectivity index (χ4v) is 3.67. The molecule has 34 heavy (non-hydrogen) atoms. The molecule has 0 aliphatic rings. The number of benzene rings is 2. The van der Waals surface area contributed by atoms with E-state index in [1.807, 2.05) is 31.2 Å². The Labute approximate surface area is 201 Å². The van der Waals surface area contributed by atoms with Gasteiger partial charge in [-0.2, -0.15) is 4.98 Å². The van der Waals surface area contributed by atoms with Gasteiger partial charge < -0.3 is 16.0 Å². The van der Waals surface area contributed by atoms with E-state index < -0.39 is 6.04 Å². The second-order valence-electron chi connectivity index (χ2n) is 8.87. The van der Waals surface area contributed by atoms with Gasteiger partial charge in [-0.15, -0.1) is 0 Å². The van der Waals surface area contributed by atoms with Gasteiger partial charge in [0.2, 0.25) is 11.9 Å². The predicted octanol–water partition coefficient (Wildman–Crippen LogP) is 4.76. The lowest BCUT2D eigenvalue weighted by atomic mass is 10.0. The minimum atomic E-state index is -0.392. The number of anilines is 2. The molecule has 1 aromatic heterocycles. The molecular weight excluding hydrogens is 429 g/mol. The normalized spacial score (nSPS) is 11.8. The SMILES string of the molecule is Cc1cc(N[C@@H](CC(C)C)C(=O)NCCc2ccccc2)nc(NCCc2ccc(F)cc2)n1. The van der Waals surface area contributed by atoms with Gasteiger partial charge in [0.15, 0.2) is 0 Å². The average Bonchev–Trinajstić information content (AvgIpc) is 2.80. The van der Waals surface area contributed by atoms with Gasteiger partial charge in [-0.1, -0.05) is 56.3 Å². The van der Waals surface area contributed by atoms with E-state index in [0.717, 1.165) is 24.1 Å². The number of carbonyl (C=O) groups excluding carboxylic acids is 1. The maximum Gasteiger partial charge on any atom is 0.242 e. The highest BCUT2D eigenvalue weighted by atomic mass is 19.1. The Balaban J connectivity index is 1.58. The lowest BCUT2D eigenvalue weighted by molar-refractivity contribution is -0.122. The summed E-state index contributed by atoms with van der Waals surface area (Å²) in [5, 5.41) is 9.59. The molecule has 0 spiro atoms. The summed E-state index contributed by atoms with van der Waals surface area (Å²) in [5.41, 5.74) is 3.03. The Morgan fingerprint density at radius 1 is 0.941 bits per heavy atom. The van der Waals surface area contributed by atoms with E-state index >= 15 is 0 Å². The molecule has 0 unspecified atom stereocenters. The molecule has 180 valence electrons. The summed E-state index contributed by atoms with van der Waals surface area (Å²) >= 11 is 0. The number of aromatic nitrogens is 2. The largest absolute Gasteiger partial charge is 0.358 e. The molecule has 0 saturated heterocycles. The maximum atomic E-state index is 13.1. The van der Waals surface area contributed by atoms with E-state index in [1.54, 1.807) is 12.1 Å². The maximum absolute atomic E-state index is 13.1. The van der Waals surface area contributed by atoms with Crippen molar-refractivity contribution in [1.29, 1.82) is 0 Å². The van der Waals surface area contributed by atoms with E-state index in [9.17, 15) is 9.18 Å². The highest BCUT2D eigenvalue weighted by Gasteiger charge is 2.20. The minimum absolute atomic E-state index is 0.0354. The standard InChI is InChI=1S/C27H34FN5O/c1-19(2)17-24(26(34)29-15-13-21-7-5-4-6-8-21)32-25-18-20(3)31-27(33-25)30-16-14-22-9-11-23(28)12-10-22/h4-12,18-19,24H,13-17H2,1-3H3,(H,29,34)(H2,30,31,32,33)/t24-/m0/s1. The summed E-state index contributed by atoms with van der Waals surface area (Å²) in [6, 6.07) is 18.0. The second kappa shape index (κ2) is 12.7. The van der Waals surface area contributed by atoms with Crippen molar-refractivity contribution in [3.8, 4) is 0 Å². The first-order valence-corrected chi connectivity index (χ1v) is 11.8. The zero-order valence-corrected chi connectivity index (χ0v) is 20.1. The van der Waals surface area contributed by atoms with Gasteiger partial charge in [-0.25, -0.2) is 9.37 Å². The third kappa shape index (κ3) is 8.46. The van der Waals surface area contributed by atoms with Gasteiger partial charge in [0.05, 0.1) is 0 Å². The summed E-state index contributed by atoms with van der Waals surface area (Å²) < 4.78 is 13.1. The molecule has 0 saturated carbocycles. The Morgan fingerprint density at radius 2 is 1.62 bits per heavy atom. The summed E-state index contributed by atoms with van der Waals surface area (Å²) in [5.74, 6) is 1.17. The molecule has 1 amide bonds. The fourth-order valence-electron chi connectivity index (χ4n) is 3.67. The molecule has 1 heterocycles. The number of nitrogens with zero attached hydrogens (tertiary/aromatic N) is 2. The van der Waals surface area contributed by atoms with Crippen molar-refractivity contribution in [3.63, 3.8) is 0 Å². The van der Waals surface area contributed by atoms with E-state index in [2.05, 4.69) is 51.9 Å². The van der Waals surface area contributed by atoms with Crippen LogP contribution >= 0.6 is 0 Å². The van der Waals surface area contributed by atoms with E-state index in [1.165, 1.54) is 17.7 Å². The first-order chi connectivity index (χ1) is 16.4. The topological polar surface area (TPSA) is 78.9 Å². The molecular formula is C27H34FN5O. The molecule has 3 N–H and O–H groups in total. The second-order valence-corrected chi connectivity index (χ2v) is 8.87. The number of nitrogens with one attached hydrogen (secondary N) is 3. The van der Waals surface area contributed by atoms with Crippen LogP contribution in [0, 0.1) is 18.7 Å². The van der Waals surface area contributed by atoms with E-state index in [-0.39, 0.29) is 11.7 Å². The number of rotatable bonds is 12.